The van der Waals surface area contributed by atoms with E-state index in [2.05, 4.69) is 33.0 Å². The van der Waals surface area contributed by atoms with E-state index in [4.69, 9.17) is 0 Å². The summed E-state index contributed by atoms with van der Waals surface area (Å²) >= 11 is 2.12. The Morgan fingerprint density at radius 1 is 1.82 bits per heavy atom. The number of aromatic nitrogens is 2. The van der Waals surface area contributed by atoms with Gasteiger partial charge in [0.15, 0.2) is 5.82 Å². The standard InChI is InChI=1S/C6H8IN3O/c1-4(11)8-6-5(7)3-10(2)9-6/h3H,1-2H3,(H,8,9,11). The van der Waals surface area contributed by atoms with Crippen LogP contribution >= 0.6 is 22.6 Å². The Morgan fingerprint density at radius 3 is 2.82 bits per heavy atom. The Morgan fingerprint density at radius 2 is 2.45 bits per heavy atom. The van der Waals surface area contributed by atoms with Crippen molar-refractivity contribution in [2.75, 3.05) is 5.32 Å². The Kier molecular flexibility index (Phi) is 2.48. The SMILES string of the molecule is CC(=O)Nc1nn(C)cc1I. The van der Waals surface area contributed by atoms with Crippen LogP contribution in [-0.2, 0) is 11.8 Å². The van der Waals surface area contributed by atoms with Crippen molar-refractivity contribution in [3.8, 4) is 0 Å². The van der Waals surface area contributed by atoms with Crippen molar-refractivity contribution < 1.29 is 4.79 Å². The van der Waals surface area contributed by atoms with Crippen molar-refractivity contribution in [1.29, 1.82) is 0 Å². The highest BCUT2D eigenvalue weighted by Gasteiger charge is 2.04. The van der Waals surface area contributed by atoms with E-state index in [1.54, 1.807) is 4.68 Å². The van der Waals surface area contributed by atoms with Crippen LogP contribution in [0, 0.1) is 3.57 Å². The normalized spacial score (nSPS) is 9.73. The summed E-state index contributed by atoms with van der Waals surface area (Å²) in [5.41, 5.74) is 0. The minimum atomic E-state index is -0.0957. The lowest BCUT2D eigenvalue weighted by Gasteiger charge is -1.94. The highest BCUT2D eigenvalue weighted by Crippen LogP contribution is 2.13. The van der Waals surface area contributed by atoms with Gasteiger partial charge >= 0.3 is 0 Å². The molecule has 1 aromatic rings. The zero-order chi connectivity index (χ0) is 8.43. The number of halogens is 1. The molecular formula is C6H8IN3O. The Balaban J connectivity index is 2.85. The molecule has 1 N–H and O–H groups in total. The summed E-state index contributed by atoms with van der Waals surface area (Å²) in [5, 5.41) is 6.64. The molecule has 5 heteroatoms. The van der Waals surface area contributed by atoms with Crippen LogP contribution in [0.5, 0.6) is 0 Å². The number of rotatable bonds is 1. The number of hydrogen-bond acceptors (Lipinski definition) is 2. The van der Waals surface area contributed by atoms with Crippen LogP contribution < -0.4 is 5.32 Å². The van der Waals surface area contributed by atoms with Gasteiger partial charge < -0.3 is 5.32 Å². The fourth-order valence-electron chi connectivity index (χ4n) is 0.711. The summed E-state index contributed by atoms with van der Waals surface area (Å²) in [4.78, 5) is 10.6. The summed E-state index contributed by atoms with van der Waals surface area (Å²) in [6.45, 7) is 1.46. The first kappa shape index (κ1) is 8.51. The number of hydrogen-bond donors (Lipinski definition) is 1. The lowest BCUT2D eigenvalue weighted by atomic mass is 10.6. The number of amides is 1. The van der Waals surface area contributed by atoms with E-state index >= 15 is 0 Å². The van der Waals surface area contributed by atoms with Gasteiger partial charge in [0, 0.05) is 20.2 Å². The molecule has 0 unspecified atom stereocenters. The van der Waals surface area contributed by atoms with Crippen LogP contribution in [0.25, 0.3) is 0 Å². The average molecular weight is 265 g/mol. The minimum absolute atomic E-state index is 0.0957. The first-order valence-electron chi connectivity index (χ1n) is 3.06. The van der Waals surface area contributed by atoms with E-state index in [1.807, 2.05) is 13.2 Å². The van der Waals surface area contributed by atoms with Crippen molar-refractivity contribution in [1.82, 2.24) is 9.78 Å². The van der Waals surface area contributed by atoms with Crippen molar-refractivity contribution in [2.45, 2.75) is 6.92 Å². The monoisotopic (exact) mass is 265 g/mol. The summed E-state index contributed by atoms with van der Waals surface area (Å²) in [6, 6.07) is 0. The summed E-state index contributed by atoms with van der Waals surface area (Å²) in [6.07, 6.45) is 1.84. The average Bonchev–Trinajstić information content (AvgIpc) is 2.09. The molecule has 1 rings (SSSR count). The van der Waals surface area contributed by atoms with Gasteiger partial charge in [-0.25, -0.2) is 0 Å². The number of carbonyl (C=O) groups is 1. The number of nitrogens with one attached hydrogen (secondary N) is 1. The molecule has 0 bridgehead atoms. The second-order valence-electron chi connectivity index (χ2n) is 2.18. The van der Waals surface area contributed by atoms with Crippen molar-refractivity contribution >= 4 is 34.3 Å². The first-order valence-corrected chi connectivity index (χ1v) is 4.14. The molecule has 1 aromatic heterocycles. The highest BCUT2D eigenvalue weighted by molar-refractivity contribution is 14.1. The quantitative estimate of drug-likeness (QED) is 0.769. The van der Waals surface area contributed by atoms with Crippen LogP contribution in [0.3, 0.4) is 0 Å². The largest absolute Gasteiger partial charge is 0.309 e. The lowest BCUT2D eigenvalue weighted by molar-refractivity contribution is -0.114. The topological polar surface area (TPSA) is 46.9 Å². The molecule has 0 fully saturated rings. The van der Waals surface area contributed by atoms with E-state index in [9.17, 15) is 4.79 Å². The maximum Gasteiger partial charge on any atom is 0.222 e. The maximum atomic E-state index is 10.6. The van der Waals surface area contributed by atoms with Crippen LogP contribution in [0.15, 0.2) is 6.20 Å². The molecule has 0 radical (unpaired) electrons. The van der Waals surface area contributed by atoms with Crippen molar-refractivity contribution in [3.05, 3.63) is 9.77 Å². The summed E-state index contributed by atoms with van der Waals surface area (Å²) in [7, 11) is 1.81. The Hall–Kier alpha value is -0.590. The predicted octanol–water partition coefficient (Wildman–Crippen LogP) is 0.983. The van der Waals surface area contributed by atoms with Gasteiger partial charge in [0.05, 0.1) is 3.57 Å². The predicted molar refractivity (Wildman–Crippen MR) is 50.2 cm³/mol. The molecule has 0 saturated carbocycles. The van der Waals surface area contributed by atoms with E-state index < -0.39 is 0 Å². The van der Waals surface area contributed by atoms with E-state index in [0.29, 0.717) is 5.82 Å². The van der Waals surface area contributed by atoms with E-state index in [0.717, 1.165) is 3.57 Å². The first-order chi connectivity index (χ1) is 5.09. The second-order valence-corrected chi connectivity index (χ2v) is 3.34. The third kappa shape index (κ3) is 2.18. The molecule has 0 saturated heterocycles. The van der Waals surface area contributed by atoms with Gasteiger partial charge in [0.2, 0.25) is 5.91 Å². The maximum absolute atomic E-state index is 10.6. The lowest BCUT2D eigenvalue weighted by Crippen LogP contribution is -2.07. The van der Waals surface area contributed by atoms with Crippen LogP contribution in [0.4, 0.5) is 5.82 Å². The van der Waals surface area contributed by atoms with E-state index in [-0.39, 0.29) is 5.91 Å². The van der Waals surface area contributed by atoms with Gasteiger partial charge in [0.1, 0.15) is 0 Å². The number of anilines is 1. The molecule has 0 aliphatic rings. The fraction of sp³-hybridized carbons (Fsp3) is 0.333. The molecule has 0 aliphatic carbocycles. The number of carbonyl (C=O) groups excluding carboxylic acids is 1. The summed E-state index contributed by atoms with van der Waals surface area (Å²) < 4.78 is 2.60. The zero-order valence-corrected chi connectivity index (χ0v) is 8.42. The molecular weight excluding hydrogens is 257 g/mol. The smallest absolute Gasteiger partial charge is 0.222 e. The third-order valence-corrected chi connectivity index (χ3v) is 1.87. The fourth-order valence-corrected chi connectivity index (χ4v) is 1.36. The highest BCUT2D eigenvalue weighted by atomic mass is 127. The molecule has 0 aromatic carbocycles. The molecule has 11 heavy (non-hydrogen) atoms. The van der Waals surface area contributed by atoms with Crippen LogP contribution in [-0.4, -0.2) is 15.7 Å². The van der Waals surface area contributed by atoms with Crippen LogP contribution in [0.2, 0.25) is 0 Å². The van der Waals surface area contributed by atoms with Crippen molar-refractivity contribution in [2.24, 2.45) is 7.05 Å². The number of nitrogens with zero attached hydrogens (tertiary/aromatic N) is 2. The van der Waals surface area contributed by atoms with Gasteiger partial charge in [-0.15, -0.1) is 0 Å². The molecule has 60 valence electrons. The molecule has 0 aliphatic heterocycles. The van der Waals surface area contributed by atoms with Gasteiger partial charge in [-0.3, -0.25) is 9.48 Å². The van der Waals surface area contributed by atoms with Crippen LogP contribution in [0.1, 0.15) is 6.92 Å². The molecule has 4 nitrogen and oxygen atoms in total. The zero-order valence-electron chi connectivity index (χ0n) is 6.26. The van der Waals surface area contributed by atoms with Gasteiger partial charge in [0.25, 0.3) is 0 Å². The molecule has 1 heterocycles. The van der Waals surface area contributed by atoms with E-state index in [1.165, 1.54) is 6.92 Å². The third-order valence-electron chi connectivity index (χ3n) is 1.08. The van der Waals surface area contributed by atoms with Gasteiger partial charge in [-0.2, -0.15) is 5.10 Å². The Bertz CT molecular complexity index is 281. The minimum Gasteiger partial charge on any atom is -0.309 e. The Labute approximate surface area is 78.1 Å². The van der Waals surface area contributed by atoms with Gasteiger partial charge in [-0.05, 0) is 22.6 Å². The molecule has 0 atom stereocenters. The van der Waals surface area contributed by atoms with Gasteiger partial charge in [-0.1, -0.05) is 0 Å². The second kappa shape index (κ2) is 3.21. The molecule has 1 amide bonds. The number of aryl methyl sites for hydroxylation is 1. The van der Waals surface area contributed by atoms with Crippen molar-refractivity contribution in [3.63, 3.8) is 0 Å². The molecule has 0 spiro atoms. The summed E-state index contributed by atoms with van der Waals surface area (Å²) in [5.74, 6) is 0.530.